The van der Waals surface area contributed by atoms with E-state index in [9.17, 15) is 18.8 Å². The van der Waals surface area contributed by atoms with Gasteiger partial charge in [0.2, 0.25) is 5.76 Å². The lowest BCUT2D eigenvalue weighted by Gasteiger charge is -2.17. The Kier molecular flexibility index (Phi) is 3.96. The van der Waals surface area contributed by atoms with Crippen LogP contribution in [0.25, 0.3) is 11.0 Å². The largest absolute Gasteiger partial charge is 0.447 e. The van der Waals surface area contributed by atoms with Gasteiger partial charge in [0, 0.05) is 24.0 Å². The van der Waals surface area contributed by atoms with Crippen LogP contribution in [0.4, 0.5) is 9.18 Å². The fourth-order valence-corrected chi connectivity index (χ4v) is 2.57. The van der Waals surface area contributed by atoms with Gasteiger partial charge in [-0.3, -0.25) is 9.69 Å². The minimum absolute atomic E-state index is 0.0418. The molecule has 1 N–H and O–H groups in total. The molecular weight excluding hydrogens is 319 g/mol. The summed E-state index contributed by atoms with van der Waals surface area (Å²) in [4.78, 5) is 36.8. The first-order valence-electron chi connectivity index (χ1n) is 7.38. The first-order chi connectivity index (χ1) is 11.4. The molecule has 1 saturated heterocycles. The fourth-order valence-electron chi connectivity index (χ4n) is 2.57. The number of furan rings is 1. The Morgan fingerprint density at radius 2 is 2.17 bits per heavy atom. The van der Waals surface area contributed by atoms with E-state index in [4.69, 9.17) is 9.15 Å². The van der Waals surface area contributed by atoms with Crippen LogP contribution in [0.1, 0.15) is 23.0 Å². The minimum atomic E-state index is -1.17. The van der Waals surface area contributed by atoms with Crippen molar-refractivity contribution in [2.45, 2.75) is 20.0 Å². The first-order valence-corrected chi connectivity index (χ1v) is 7.38. The van der Waals surface area contributed by atoms with Crippen LogP contribution in [0, 0.1) is 12.7 Å². The maximum Gasteiger partial charge on any atom is 0.375 e. The van der Waals surface area contributed by atoms with Crippen molar-refractivity contribution < 1.29 is 27.9 Å². The van der Waals surface area contributed by atoms with Crippen LogP contribution in [0.15, 0.2) is 22.6 Å². The number of imide groups is 1. The van der Waals surface area contributed by atoms with Gasteiger partial charge in [-0.25, -0.2) is 14.0 Å². The Bertz CT molecular complexity index is 844. The molecule has 3 amide bonds. The molecule has 1 aromatic carbocycles. The molecule has 24 heavy (non-hydrogen) atoms. The first kappa shape index (κ1) is 16.0. The van der Waals surface area contributed by atoms with Crippen molar-refractivity contribution in [2.24, 2.45) is 0 Å². The van der Waals surface area contributed by atoms with E-state index in [0.717, 1.165) is 4.90 Å². The minimum Gasteiger partial charge on any atom is -0.447 e. The predicted molar refractivity (Wildman–Crippen MR) is 80.9 cm³/mol. The number of hydrogen-bond acceptors (Lipinski definition) is 5. The Morgan fingerprint density at radius 1 is 1.42 bits per heavy atom. The molecule has 1 aliphatic rings. The lowest BCUT2D eigenvalue weighted by atomic mass is 10.1. The van der Waals surface area contributed by atoms with Crippen LogP contribution in [0.3, 0.4) is 0 Å². The van der Waals surface area contributed by atoms with Crippen LogP contribution in [-0.4, -0.2) is 42.0 Å². The van der Waals surface area contributed by atoms with Gasteiger partial charge in [0.15, 0.2) is 17.5 Å². The molecule has 1 aromatic heterocycles. The van der Waals surface area contributed by atoms with Crippen molar-refractivity contribution in [1.29, 1.82) is 0 Å². The van der Waals surface area contributed by atoms with Gasteiger partial charge in [0.05, 0.1) is 0 Å². The number of hydrogen-bond donors (Lipinski definition) is 1. The van der Waals surface area contributed by atoms with Crippen LogP contribution in [-0.2, 0) is 9.53 Å². The molecular formula is C16H15FN2O5. The van der Waals surface area contributed by atoms with Crippen LogP contribution >= 0.6 is 0 Å². The number of nitrogens with zero attached hydrogens (tertiary/aromatic N) is 1. The number of para-hydroxylation sites is 1. The van der Waals surface area contributed by atoms with E-state index in [-0.39, 0.29) is 17.9 Å². The molecule has 8 heteroatoms. The van der Waals surface area contributed by atoms with Gasteiger partial charge in [-0.1, -0.05) is 12.1 Å². The van der Waals surface area contributed by atoms with E-state index in [1.54, 1.807) is 13.0 Å². The molecule has 7 nitrogen and oxygen atoms in total. The summed E-state index contributed by atoms with van der Waals surface area (Å²) in [7, 11) is 0. The number of carbonyl (C=O) groups excluding carboxylic acids is 3. The molecule has 0 spiro atoms. The maximum atomic E-state index is 13.7. The van der Waals surface area contributed by atoms with Gasteiger partial charge in [-0.05, 0) is 19.9 Å². The zero-order valence-corrected chi connectivity index (χ0v) is 13.1. The molecule has 2 heterocycles. The van der Waals surface area contributed by atoms with E-state index in [1.165, 1.54) is 19.1 Å². The number of fused-ring (bicyclic) bond motifs is 1. The fraction of sp³-hybridized carbons (Fsp3) is 0.312. The Balaban J connectivity index is 1.80. The van der Waals surface area contributed by atoms with Crippen molar-refractivity contribution in [3.05, 3.63) is 35.3 Å². The highest BCUT2D eigenvalue weighted by Crippen LogP contribution is 2.28. The van der Waals surface area contributed by atoms with Gasteiger partial charge < -0.3 is 14.5 Å². The molecule has 0 bridgehead atoms. The highest BCUT2D eigenvalue weighted by molar-refractivity contribution is 6.00. The second-order valence-corrected chi connectivity index (χ2v) is 5.44. The van der Waals surface area contributed by atoms with Crippen molar-refractivity contribution in [3.63, 3.8) is 0 Å². The third kappa shape index (κ3) is 2.60. The number of aryl methyl sites for hydroxylation is 1. The van der Waals surface area contributed by atoms with Crippen molar-refractivity contribution >= 4 is 28.9 Å². The Morgan fingerprint density at radius 3 is 2.79 bits per heavy atom. The Labute approximate surface area is 136 Å². The average Bonchev–Trinajstić information content (AvgIpc) is 3.11. The number of esters is 1. The SMILES string of the molecule is Cc1c(C(=O)O[C@@H](C)C(=O)N2CCNC2=O)oc2c(F)cccc12. The van der Waals surface area contributed by atoms with Crippen LogP contribution < -0.4 is 5.32 Å². The van der Waals surface area contributed by atoms with Crippen molar-refractivity contribution in [2.75, 3.05) is 13.1 Å². The topological polar surface area (TPSA) is 88.9 Å². The summed E-state index contributed by atoms with van der Waals surface area (Å²) < 4.78 is 24.1. The molecule has 0 aliphatic carbocycles. The number of benzene rings is 1. The molecule has 0 saturated carbocycles. The predicted octanol–water partition coefficient (Wildman–Crippen LogP) is 1.98. The van der Waals surface area contributed by atoms with Gasteiger partial charge >= 0.3 is 12.0 Å². The highest BCUT2D eigenvalue weighted by Gasteiger charge is 2.32. The van der Waals surface area contributed by atoms with Gasteiger partial charge in [-0.15, -0.1) is 0 Å². The van der Waals surface area contributed by atoms with Crippen molar-refractivity contribution in [1.82, 2.24) is 10.2 Å². The van der Waals surface area contributed by atoms with Crippen LogP contribution in [0.2, 0.25) is 0 Å². The quantitative estimate of drug-likeness (QED) is 0.867. The maximum absolute atomic E-state index is 13.7. The summed E-state index contributed by atoms with van der Waals surface area (Å²) in [5.74, 6) is -2.27. The zero-order chi connectivity index (χ0) is 17.4. The molecule has 1 fully saturated rings. The number of carbonyl (C=O) groups is 3. The number of amides is 3. The molecule has 0 radical (unpaired) electrons. The summed E-state index contributed by atoms with van der Waals surface area (Å²) in [6.07, 6.45) is -1.17. The van der Waals surface area contributed by atoms with Gasteiger partial charge in [-0.2, -0.15) is 0 Å². The molecule has 0 unspecified atom stereocenters. The Hall–Kier alpha value is -2.90. The van der Waals surface area contributed by atoms with Gasteiger partial charge in [0.25, 0.3) is 5.91 Å². The molecule has 1 aliphatic heterocycles. The van der Waals surface area contributed by atoms with Gasteiger partial charge in [0.1, 0.15) is 0 Å². The van der Waals surface area contributed by atoms with E-state index >= 15 is 0 Å². The third-order valence-electron chi connectivity index (χ3n) is 3.86. The number of nitrogens with one attached hydrogen (secondary N) is 1. The number of urea groups is 1. The summed E-state index contributed by atoms with van der Waals surface area (Å²) in [5.41, 5.74) is 0.382. The van der Waals surface area contributed by atoms with E-state index in [0.29, 0.717) is 17.5 Å². The second kappa shape index (κ2) is 5.95. The van der Waals surface area contributed by atoms with Crippen LogP contribution in [0.5, 0.6) is 0 Å². The monoisotopic (exact) mass is 334 g/mol. The average molecular weight is 334 g/mol. The molecule has 1 atom stereocenters. The molecule has 126 valence electrons. The summed E-state index contributed by atoms with van der Waals surface area (Å²) >= 11 is 0. The zero-order valence-electron chi connectivity index (χ0n) is 13.1. The second-order valence-electron chi connectivity index (χ2n) is 5.44. The van der Waals surface area contributed by atoms with E-state index < -0.39 is 29.8 Å². The number of rotatable bonds is 3. The third-order valence-corrected chi connectivity index (χ3v) is 3.86. The summed E-state index contributed by atoms with van der Waals surface area (Å²) in [6, 6.07) is 3.83. The summed E-state index contributed by atoms with van der Waals surface area (Å²) in [6.45, 7) is 3.54. The molecule has 3 rings (SSSR count). The lowest BCUT2D eigenvalue weighted by molar-refractivity contribution is -0.136. The molecule has 2 aromatic rings. The smallest absolute Gasteiger partial charge is 0.375 e. The normalized spacial score (nSPS) is 15.5. The lowest BCUT2D eigenvalue weighted by Crippen LogP contribution is -2.41. The highest BCUT2D eigenvalue weighted by atomic mass is 19.1. The standard InChI is InChI=1S/C16H15FN2O5/c1-8-10-4-3-5-11(17)13(10)24-12(8)15(21)23-9(2)14(20)19-7-6-18-16(19)22/h3-5,9H,6-7H2,1-2H3,(H,18,22)/t9-/m0/s1. The number of ether oxygens (including phenoxy) is 1. The van der Waals surface area contributed by atoms with E-state index in [2.05, 4.69) is 5.32 Å². The van der Waals surface area contributed by atoms with E-state index in [1.807, 2.05) is 0 Å². The number of halogens is 1. The van der Waals surface area contributed by atoms with Crippen molar-refractivity contribution in [3.8, 4) is 0 Å². The summed E-state index contributed by atoms with van der Waals surface area (Å²) in [5, 5.41) is 2.95.